The second-order valence-electron chi connectivity index (χ2n) is 15.0. The number of H-pyrrole nitrogens is 2. The van der Waals surface area contributed by atoms with Gasteiger partial charge in [-0.2, -0.15) is 0 Å². The van der Waals surface area contributed by atoms with E-state index >= 15 is 0 Å². The van der Waals surface area contributed by atoms with E-state index in [4.69, 9.17) is 19.4 Å². The number of methoxy groups -OCH3 is 2. The Labute approximate surface area is 323 Å². The molecule has 2 aromatic carbocycles. The number of hydrogen-bond donors (Lipinski definition) is 4. The molecule has 7 rings (SSSR count). The summed E-state index contributed by atoms with van der Waals surface area (Å²) in [6.45, 7) is 8.80. The Morgan fingerprint density at radius 1 is 0.782 bits per heavy atom. The highest BCUT2D eigenvalue weighted by molar-refractivity contribution is 7.18. The molecule has 4 N–H and O–H groups in total. The maximum Gasteiger partial charge on any atom is 0.407 e. The Hall–Kier alpha value is -5.44. The van der Waals surface area contributed by atoms with Gasteiger partial charge in [0, 0.05) is 23.4 Å². The number of nitrogens with one attached hydrogen (secondary N) is 4. The molecular formula is C40H48N8O6S. The molecule has 5 heterocycles. The lowest BCUT2D eigenvalue weighted by molar-refractivity contribution is -0.136. The highest BCUT2D eigenvalue weighted by atomic mass is 32.1. The van der Waals surface area contributed by atoms with Gasteiger partial charge in [-0.15, -0.1) is 11.3 Å². The van der Waals surface area contributed by atoms with Gasteiger partial charge in [0.25, 0.3) is 0 Å². The second-order valence-corrected chi connectivity index (χ2v) is 16.0. The number of aromatic nitrogens is 4. The van der Waals surface area contributed by atoms with Gasteiger partial charge in [-0.25, -0.2) is 19.6 Å². The Morgan fingerprint density at radius 2 is 1.38 bits per heavy atom. The summed E-state index contributed by atoms with van der Waals surface area (Å²) < 4.78 is 9.54. The molecule has 0 radical (unpaired) electrons. The molecule has 14 nitrogen and oxygen atoms in total. The van der Waals surface area contributed by atoms with Crippen LogP contribution in [-0.4, -0.2) is 93.1 Å². The van der Waals surface area contributed by atoms with Crippen LogP contribution in [0.3, 0.4) is 0 Å². The molecule has 0 saturated carbocycles. The summed E-state index contributed by atoms with van der Waals surface area (Å²) >= 11 is 1.66. The maximum atomic E-state index is 13.7. The van der Waals surface area contributed by atoms with E-state index in [-0.39, 0.29) is 35.7 Å². The maximum absolute atomic E-state index is 13.7. The Kier molecular flexibility index (Phi) is 10.8. The number of hydrogen-bond acceptors (Lipinski definition) is 9. The van der Waals surface area contributed by atoms with Crippen LogP contribution in [-0.2, 0) is 19.1 Å². The molecule has 0 bridgehead atoms. The largest absolute Gasteiger partial charge is 0.453 e. The molecule has 0 aliphatic carbocycles. The Bertz CT molecular complexity index is 2220. The summed E-state index contributed by atoms with van der Waals surface area (Å²) in [5.41, 5.74) is 3.71. The van der Waals surface area contributed by atoms with Crippen LogP contribution in [0.5, 0.6) is 0 Å². The first-order valence-electron chi connectivity index (χ1n) is 18.8. The third-order valence-electron chi connectivity index (χ3n) is 10.7. The minimum Gasteiger partial charge on any atom is -0.453 e. The highest BCUT2D eigenvalue weighted by Crippen LogP contribution is 2.39. The van der Waals surface area contributed by atoms with Crippen molar-refractivity contribution in [2.24, 2.45) is 11.8 Å². The molecule has 15 heteroatoms. The number of aromatic amines is 2. The van der Waals surface area contributed by atoms with Gasteiger partial charge in [-0.05, 0) is 72.7 Å². The SMILES string of the molecule is COC(=O)NC(C(=O)N1CCC[C@H]1c1ncc(-c2ccc(-c3ccc4c(ccc5nc([C@@H]6CCCN6C(=O)[C@@H](NC(=O)OC)C(C)C)[nH]c54)c3)s2)[nH]1)C(C)C. The van der Waals surface area contributed by atoms with Gasteiger partial charge >= 0.3 is 12.2 Å². The average molecular weight is 769 g/mol. The summed E-state index contributed by atoms with van der Waals surface area (Å²) in [5, 5.41) is 7.51. The van der Waals surface area contributed by atoms with E-state index in [9.17, 15) is 19.2 Å². The monoisotopic (exact) mass is 768 g/mol. The van der Waals surface area contributed by atoms with E-state index < -0.39 is 24.3 Å². The van der Waals surface area contributed by atoms with Crippen molar-refractivity contribution < 1.29 is 28.7 Å². The average Bonchev–Trinajstić information content (AvgIpc) is 4.03. The summed E-state index contributed by atoms with van der Waals surface area (Å²) in [5.74, 6) is 0.972. The van der Waals surface area contributed by atoms with Gasteiger partial charge in [-0.3, -0.25) is 9.59 Å². The molecule has 2 fully saturated rings. The Balaban J connectivity index is 1.09. The summed E-state index contributed by atoms with van der Waals surface area (Å²) in [6.07, 6.45) is 3.82. The number of thiophene rings is 1. The number of carbonyl (C=O) groups excluding carboxylic acids is 4. The number of rotatable bonds is 10. The van der Waals surface area contributed by atoms with Gasteiger partial charge in [-0.1, -0.05) is 45.9 Å². The number of benzene rings is 2. The van der Waals surface area contributed by atoms with Gasteiger partial charge in [0.2, 0.25) is 11.8 Å². The fraction of sp³-hybridized carbons (Fsp3) is 0.450. The van der Waals surface area contributed by atoms with Crippen molar-refractivity contribution in [2.75, 3.05) is 27.3 Å². The number of amides is 4. The fourth-order valence-electron chi connectivity index (χ4n) is 7.79. The minimum atomic E-state index is -0.695. The Morgan fingerprint density at radius 3 is 1.98 bits per heavy atom. The molecule has 2 aliphatic heterocycles. The van der Waals surface area contributed by atoms with Crippen LogP contribution in [0.4, 0.5) is 9.59 Å². The molecule has 4 amide bonds. The van der Waals surface area contributed by atoms with Crippen LogP contribution in [0.15, 0.2) is 48.7 Å². The van der Waals surface area contributed by atoms with Crippen molar-refractivity contribution >= 4 is 57.1 Å². The molecule has 4 atom stereocenters. The number of alkyl carbamates (subject to hydrolysis) is 2. The van der Waals surface area contributed by atoms with Gasteiger partial charge in [0.05, 0.1) is 54.1 Å². The van der Waals surface area contributed by atoms with E-state index in [1.165, 1.54) is 14.2 Å². The molecule has 2 aliphatic rings. The van der Waals surface area contributed by atoms with Crippen LogP contribution < -0.4 is 10.6 Å². The van der Waals surface area contributed by atoms with Crippen molar-refractivity contribution in [1.82, 2.24) is 40.4 Å². The predicted octanol–water partition coefficient (Wildman–Crippen LogP) is 6.92. The molecule has 2 saturated heterocycles. The van der Waals surface area contributed by atoms with E-state index in [1.54, 1.807) is 11.3 Å². The molecule has 5 aromatic rings. The number of likely N-dealkylation sites (tertiary alicyclic amines) is 2. The number of fused-ring (bicyclic) bond motifs is 3. The molecule has 290 valence electrons. The van der Waals surface area contributed by atoms with Crippen molar-refractivity contribution in [3.8, 4) is 21.0 Å². The first-order valence-corrected chi connectivity index (χ1v) is 19.7. The van der Waals surface area contributed by atoms with Crippen LogP contribution in [0.2, 0.25) is 0 Å². The number of imidazole rings is 2. The highest BCUT2D eigenvalue weighted by Gasteiger charge is 2.39. The molecular weight excluding hydrogens is 721 g/mol. The summed E-state index contributed by atoms with van der Waals surface area (Å²) in [7, 11) is 2.58. The quantitative estimate of drug-likeness (QED) is 0.118. The number of carbonyl (C=O) groups is 4. The summed E-state index contributed by atoms with van der Waals surface area (Å²) in [4.78, 5) is 73.7. The molecule has 1 unspecified atom stereocenters. The lowest BCUT2D eigenvalue weighted by atomic mass is 10.0. The zero-order valence-corrected chi connectivity index (χ0v) is 32.8. The van der Waals surface area contributed by atoms with Crippen LogP contribution >= 0.6 is 11.3 Å². The smallest absolute Gasteiger partial charge is 0.407 e. The molecule has 55 heavy (non-hydrogen) atoms. The normalized spacial score (nSPS) is 18.3. The van der Waals surface area contributed by atoms with E-state index in [0.29, 0.717) is 13.1 Å². The van der Waals surface area contributed by atoms with E-state index in [1.807, 2.05) is 49.8 Å². The fourth-order valence-corrected chi connectivity index (χ4v) is 8.76. The van der Waals surface area contributed by atoms with Gasteiger partial charge in [0.1, 0.15) is 23.7 Å². The molecule has 0 spiro atoms. The third-order valence-corrected chi connectivity index (χ3v) is 11.9. The lowest BCUT2D eigenvalue weighted by Crippen LogP contribution is -2.51. The number of nitrogens with zero attached hydrogens (tertiary/aromatic N) is 4. The van der Waals surface area contributed by atoms with Crippen LogP contribution in [0.1, 0.15) is 77.1 Å². The zero-order valence-electron chi connectivity index (χ0n) is 32.0. The number of ether oxygens (including phenoxy) is 2. The summed E-state index contributed by atoms with van der Waals surface area (Å²) in [6, 6.07) is 12.9. The van der Waals surface area contributed by atoms with Crippen molar-refractivity contribution in [3.63, 3.8) is 0 Å². The van der Waals surface area contributed by atoms with Crippen LogP contribution in [0, 0.1) is 11.8 Å². The lowest BCUT2D eigenvalue weighted by Gasteiger charge is -2.30. The van der Waals surface area contributed by atoms with Gasteiger partial charge < -0.3 is 39.9 Å². The topological polar surface area (TPSA) is 175 Å². The predicted molar refractivity (Wildman–Crippen MR) is 210 cm³/mol. The van der Waals surface area contributed by atoms with Gasteiger partial charge in [0.15, 0.2) is 0 Å². The van der Waals surface area contributed by atoms with E-state index in [2.05, 4.69) is 57.0 Å². The zero-order chi connectivity index (χ0) is 39.0. The first kappa shape index (κ1) is 37.9. The van der Waals surface area contributed by atoms with Crippen molar-refractivity contribution in [1.29, 1.82) is 0 Å². The standard InChI is InChI=1S/C40H48N8O6S/c1-21(2)32(45-39(51)53-5)37(49)47-17-7-9-28(47)35-41-20-27(43-35)31-16-15-30(55-31)24-11-13-25-23(19-24)12-14-26-34(25)44-36(42-26)29-10-8-18-48(29)38(50)33(22(3)4)46-40(52)54-6/h11-16,19-22,28-29,32-33H,7-10,17-18H2,1-6H3,(H,41,43)(H,42,44)(H,45,51)(H,46,52)/t28-,29-,32?,33-/m0/s1. The minimum absolute atomic E-state index is 0.107. The van der Waals surface area contributed by atoms with Crippen molar-refractivity contribution in [2.45, 2.75) is 77.5 Å². The first-order chi connectivity index (χ1) is 26.5. The third kappa shape index (κ3) is 7.49. The molecule has 3 aromatic heterocycles. The van der Waals surface area contributed by atoms with E-state index in [0.717, 1.165) is 80.1 Å². The second kappa shape index (κ2) is 15.7. The van der Waals surface area contributed by atoms with Crippen molar-refractivity contribution in [3.05, 3.63) is 60.3 Å². The van der Waals surface area contributed by atoms with Crippen LogP contribution in [0.25, 0.3) is 42.8 Å².